The number of nitriles is 1. The number of nitrogens with two attached hydrogens (primary N) is 1. The Labute approximate surface area is 191 Å². The Morgan fingerprint density at radius 3 is 2.70 bits per heavy atom. The molecule has 0 bridgehead atoms. The summed E-state index contributed by atoms with van der Waals surface area (Å²) in [6, 6.07) is 14.9. The molecule has 1 heterocycles. The Morgan fingerprint density at radius 1 is 1.21 bits per heavy atom. The van der Waals surface area contributed by atoms with E-state index in [1.807, 2.05) is 0 Å². The summed E-state index contributed by atoms with van der Waals surface area (Å²) in [7, 11) is 5.06. The van der Waals surface area contributed by atoms with Crippen molar-refractivity contribution in [3.05, 3.63) is 59.9 Å². The van der Waals surface area contributed by atoms with Crippen LogP contribution in [-0.4, -0.2) is 50.3 Å². The van der Waals surface area contributed by atoms with Crippen LogP contribution in [0.2, 0.25) is 0 Å². The van der Waals surface area contributed by atoms with Crippen LogP contribution in [0.5, 0.6) is 5.75 Å². The predicted octanol–water partition coefficient (Wildman–Crippen LogP) is 3.49. The van der Waals surface area contributed by atoms with Crippen LogP contribution in [0, 0.1) is 17.1 Å². The van der Waals surface area contributed by atoms with Gasteiger partial charge >= 0.3 is 0 Å². The minimum atomic E-state index is -0.479. The minimum Gasteiger partial charge on any atom is -0.467 e. The maximum Gasteiger partial charge on any atom is 0.238 e. The monoisotopic (exact) mass is 449 g/mol. The second-order valence-electron chi connectivity index (χ2n) is 7.49. The maximum absolute atomic E-state index is 13.8. The van der Waals surface area contributed by atoms with Crippen molar-refractivity contribution < 1.29 is 18.7 Å². The van der Waals surface area contributed by atoms with Gasteiger partial charge in [0.2, 0.25) is 5.91 Å². The number of aromatic nitrogens is 1. The molecule has 0 saturated carbocycles. The molecular weight excluding hydrogens is 425 g/mol. The van der Waals surface area contributed by atoms with Gasteiger partial charge < -0.3 is 25.4 Å². The first kappa shape index (κ1) is 23.7. The van der Waals surface area contributed by atoms with Crippen LogP contribution in [0.15, 0.2) is 48.5 Å². The normalized spacial score (nSPS) is 10.7. The van der Waals surface area contributed by atoms with Crippen molar-refractivity contribution >= 4 is 17.4 Å². The lowest BCUT2D eigenvalue weighted by atomic mass is 9.97. The summed E-state index contributed by atoms with van der Waals surface area (Å²) in [6.07, 6.45) is 0. The van der Waals surface area contributed by atoms with Gasteiger partial charge in [-0.15, -0.1) is 0 Å². The largest absolute Gasteiger partial charge is 0.467 e. The number of likely N-dealkylation sites (N-methyl/N-ethyl adjacent to an activating group) is 1. The molecule has 2 aromatic carbocycles. The van der Waals surface area contributed by atoms with Crippen molar-refractivity contribution in [1.29, 1.82) is 5.26 Å². The number of amides is 1. The molecular formula is C24H24FN5O3. The van der Waals surface area contributed by atoms with Crippen LogP contribution in [0.25, 0.3) is 22.4 Å². The first-order chi connectivity index (χ1) is 15.8. The van der Waals surface area contributed by atoms with Gasteiger partial charge in [-0.3, -0.25) is 4.79 Å². The lowest BCUT2D eigenvalue weighted by Crippen LogP contribution is -2.27. The van der Waals surface area contributed by atoms with Crippen LogP contribution in [0.3, 0.4) is 0 Å². The Hall–Kier alpha value is -4.00. The number of carbonyl (C=O) groups excluding carboxylic acids is 1. The third-order valence-electron chi connectivity index (χ3n) is 4.63. The molecule has 0 fully saturated rings. The Kier molecular flexibility index (Phi) is 7.56. The molecule has 0 aliphatic carbocycles. The van der Waals surface area contributed by atoms with Crippen LogP contribution in [0.4, 0.5) is 15.9 Å². The maximum atomic E-state index is 13.8. The van der Waals surface area contributed by atoms with Gasteiger partial charge in [0.05, 0.1) is 12.2 Å². The number of nitrogen functional groups attached to an aromatic ring is 1. The Balaban J connectivity index is 2.08. The number of nitrogens with one attached hydrogen (secondary N) is 1. The number of hydrogen-bond donors (Lipinski definition) is 2. The van der Waals surface area contributed by atoms with Crippen molar-refractivity contribution in [2.75, 3.05) is 45.6 Å². The summed E-state index contributed by atoms with van der Waals surface area (Å²) in [5, 5.41) is 12.5. The van der Waals surface area contributed by atoms with Crippen LogP contribution in [0.1, 0.15) is 5.56 Å². The number of pyridine rings is 1. The van der Waals surface area contributed by atoms with E-state index < -0.39 is 5.82 Å². The minimum absolute atomic E-state index is 0.0223. The van der Waals surface area contributed by atoms with E-state index in [2.05, 4.69) is 16.4 Å². The zero-order chi connectivity index (χ0) is 24.0. The van der Waals surface area contributed by atoms with E-state index in [-0.39, 0.29) is 36.4 Å². The van der Waals surface area contributed by atoms with Crippen molar-refractivity contribution in [3.8, 4) is 34.2 Å². The summed E-state index contributed by atoms with van der Waals surface area (Å²) in [6.45, 7) is 0.151. The van der Waals surface area contributed by atoms with E-state index in [9.17, 15) is 14.4 Å². The summed E-state index contributed by atoms with van der Waals surface area (Å²) in [4.78, 5) is 18.2. The van der Waals surface area contributed by atoms with Crippen molar-refractivity contribution in [1.82, 2.24) is 9.88 Å². The van der Waals surface area contributed by atoms with Crippen molar-refractivity contribution in [3.63, 3.8) is 0 Å². The van der Waals surface area contributed by atoms with Gasteiger partial charge in [0.25, 0.3) is 0 Å². The Morgan fingerprint density at radius 2 is 2.00 bits per heavy atom. The lowest BCUT2D eigenvalue weighted by Gasteiger charge is -2.15. The highest BCUT2D eigenvalue weighted by molar-refractivity contribution is 5.93. The first-order valence-corrected chi connectivity index (χ1v) is 9.99. The Bertz CT molecular complexity index is 1210. The number of halogens is 1. The molecule has 1 amide bonds. The molecule has 9 heteroatoms. The third kappa shape index (κ3) is 5.83. The fourth-order valence-corrected chi connectivity index (χ4v) is 3.25. The number of ether oxygens (including phenoxy) is 2. The smallest absolute Gasteiger partial charge is 0.238 e. The molecule has 1 aromatic heterocycles. The second kappa shape index (κ2) is 10.5. The summed E-state index contributed by atoms with van der Waals surface area (Å²) in [5.74, 6) is -0.398. The van der Waals surface area contributed by atoms with Crippen LogP contribution < -0.4 is 15.8 Å². The summed E-state index contributed by atoms with van der Waals surface area (Å²) in [5.41, 5.74) is 8.94. The fraction of sp³-hybridized carbons (Fsp3) is 0.208. The van der Waals surface area contributed by atoms with Gasteiger partial charge in [0, 0.05) is 30.0 Å². The number of nitrogens with zero attached hydrogens (tertiary/aromatic N) is 3. The molecule has 0 unspecified atom stereocenters. The van der Waals surface area contributed by atoms with Gasteiger partial charge in [-0.1, -0.05) is 12.1 Å². The molecule has 8 nitrogen and oxygen atoms in total. The van der Waals surface area contributed by atoms with Gasteiger partial charge in [0.1, 0.15) is 29.0 Å². The van der Waals surface area contributed by atoms with Gasteiger partial charge in [-0.2, -0.15) is 5.26 Å². The molecule has 0 spiro atoms. The van der Waals surface area contributed by atoms with Gasteiger partial charge in [-0.25, -0.2) is 9.37 Å². The van der Waals surface area contributed by atoms with E-state index in [1.165, 1.54) is 25.3 Å². The average molecular weight is 449 g/mol. The van der Waals surface area contributed by atoms with E-state index in [1.54, 1.807) is 49.3 Å². The van der Waals surface area contributed by atoms with Gasteiger partial charge in [0.15, 0.2) is 6.79 Å². The highest BCUT2D eigenvalue weighted by Crippen LogP contribution is 2.36. The number of anilines is 2. The highest BCUT2D eigenvalue weighted by atomic mass is 19.1. The molecule has 0 radical (unpaired) electrons. The lowest BCUT2D eigenvalue weighted by molar-refractivity contribution is -0.116. The number of carbonyl (C=O) groups is 1. The van der Waals surface area contributed by atoms with Crippen molar-refractivity contribution in [2.45, 2.75) is 0 Å². The highest BCUT2D eigenvalue weighted by Gasteiger charge is 2.17. The van der Waals surface area contributed by atoms with Crippen LogP contribution >= 0.6 is 0 Å². The third-order valence-corrected chi connectivity index (χ3v) is 4.63. The fourth-order valence-electron chi connectivity index (χ4n) is 3.25. The predicted molar refractivity (Wildman–Crippen MR) is 124 cm³/mol. The molecule has 0 aliphatic rings. The molecule has 0 atom stereocenters. The summed E-state index contributed by atoms with van der Waals surface area (Å²) < 4.78 is 24.2. The van der Waals surface area contributed by atoms with E-state index in [0.29, 0.717) is 28.1 Å². The topological polar surface area (TPSA) is 114 Å². The molecule has 33 heavy (non-hydrogen) atoms. The van der Waals surface area contributed by atoms with Crippen LogP contribution in [-0.2, 0) is 9.53 Å². The van der Waals surface area contributed by atoms with E-state index >= 15 is 0 Å². The quantitative estimate of drug-likeness (QED) is 0.506. The SMILES string of the molecule is COCOc1cc(F)ccc1-c1cc(-c2cccc(NC(=O)CN(C)C)c2)c(C#N)c(N)n1. The molecule has 3 aromatic rings. The molecule has 3 N–H and O–H groups in total. The molecule has 3 rings (SSSR count). The standard InChI is InChI=1S/C24H24FN5O3/c1-30(2)13-23(31)28-17-6-4-5-15(9-17)19-11-21(29-24(27)20(19)12-26)18-8-7-16(25)10-22(18)33-14-32-3/h4-11H,13-14H2,1-3H3,(H2,27,29)(H,28,31). The molecule has 170 valence electrons. The average Bonchev–Trinajstić information content (AvgIpc) is 2.76. The van der Waals surface area contributed by atoms with Gasteiger partial charge in [-0.05, 0) is 50.0 Å². The number of hydrogen-bond acceptors (Lipinski definition) is 7. The zero-order valence-corrected chi connectivity index (χ0v) is 18.6. The van der Waals surface area contributed by atoms with E-state index in [4.69, 9.17) is 15.2 Å². The first-order valence-electron chi connectivity index (χ1n) is 9.99. The number of rotatable bonds is 8. The zero-order valence-electron chi connectivity index (χ0n) is 18.6. The number of methoxy groups -OCH3 is 1. The molecule has 0 saturated heterocycles. The molecule has 0 aliphatic heterocycles. The number of benzene rings is 2. The summed E-state index contributed by atoms with van der Waals surface area (Å²) >= 11 is 0. The second-order valence-corrected chi connectivity index (χ2v) is 7.49. The van der Waals surface area contributed by atoms with E-state index in [0.717, 1.165) is 0 Å². The van der Waals surface area contributed by atoms with Crippen molar-refractivity contribution in [2.24, 2.45) is 0 Å².